The van der Waals surface area contributed by atoms with Crippen LogP contribution in [0.4, 0.5) is 0 Å². The summed E-state index contributed by atoms with van der Waals surface area (Å²) in [5.74, 6) is 1.05. The summed E-state index contributed by atoms with van der Waals surface area (Å²) >= 11 is 1.79. The molecule has 0 aromatic heterocycles. The third kappa shape index (κ3) is 4.06. The molecule has 1 aromatic carbocycles. The SMILES string of the molecule is CCc1cc(C)cc(CC)c1C1C(=O)CC(CCSC)CC1=O. The average molecular weight is 333 g/mol. The van der Waals surface area contributed by atoms with Gasteiger partial charge in [-0.3, -0.25) is 9.59 Å². The molecule has 0 heterocycles. The molecule has 0 amide bonds. The molecule has 1 aromatic rings. The molecule has 0 unspecified atom stereocenters. The zero-order valence-corrected chi connectivity index (χ0v) is 15.6. The second kappa shape index (κ2) is 8.14. The zero-order chi connectivity index (χ0) is 17.0. The summed E-state index contributed by atoms with van der Waals surface area (Å²) in [4.78, 5) is 25.5. The smallest absolute Gasteiger partial charge is 0.148 e. The van der Waals surface area contributed by atoms with E-state index in [-0.39, 0.29) is 17.5 Å². The highest BCUT2D eigenvalue weighted by Gasteiger charge is 2.38. The summed E-state index contributed by atoms with van der Waals surface area (Å²) in [6.07, 6.45) is 5.92. The third-order valence-corrected chi connectivity index (χ3v) is 5.54. The van der Waals surface area contributed by atoms with Crippen molar-refractivity contribution >= 4 is 23.3 Å². The van der Waals surface area contributed by atoms with Crippen LogP contribution in [0.3, 0.4) is 0 Å². The Bertz CT molecular complexity index is 548. The molecular weight excluding hydrogens is 304 g/mol. The van der Waals surface area contributed by atoms with E-state index in [0.717, 1.165) is 30.6 Å². The lowest BCUT2D eigenvalue weighted by Crippen LogP contribution is -2.33. The van der Waals surface area contributed by atoms with Crippen molar-refractivity contribution in [1.29, 1.82) is 0 Å². The number of ketones is 2. The van der Waals surface area contributed by atoms with Crippen molar-refractivity contribution in [2.24, 2.45) is 5.92 Å². The van der Waals surface area contributed by atoms with Gasteiger partial charge in [0.2, 0.25) is 0 Å². The van der Waals surface area contributed by atoms with Crippen LogP contribution in [0.25, 0.3) is 0 Å². The van der Waals surface area contributed by atoms with E-state index in [9.17, 15) is 9.59 Å². The van der Waals surface area contributed by atoms with Crippen molar-refractivity contribution in [3.63, 3.8) is 0 Å². The fourth-order valence-electron chi connectivity index (χ4n) is 3.78. The minimum atomic E-state index is -0.508. The van der Waals surface area contributed by atoms with E-state index in [1.54, 1.807) is 11.8 Å². The summed E-state index contributed by atoms with van der Waals surface area (Å²) in [5, 5.41) is 0. The van der Waals surface area contributed by atoms with Crippen LogP contribution < -0.4 is 0 Å². The van der Waals surface area contributed by atoms with Gasteiger partial charge in [-0.15, -0.1) is 0 Å². The number of Topliss-reactive ketones (excluding diaryl/α,β-unsaturated/α-hetero) is 2. The van der Waals surface area contributed by atoms with Gasteiger partial charge in [-0.2, -0.15) is 11.8 Å². The number of thioether (sulfide) groups is 1. The lowest BCUT2D eigenvalue weighted by Gasteiger charge is -2.29. The predicted molar refractivity (Wildman–Crippen MR) is 98.4 cm³/mol. The molecule has 0 saturated heterocycles. The van der Waals surface area contributed by atoms with Crippen molar-refractivity contribution in [1.82, 2.24) is 0 Å². The molecule has 1 saturated carbocycles. The van der Waals surface area contributed by atoms with Crippen molar-refractivity contribution in [3.8, 4) is 0 Å². The molecule has 23 heavy (non-hydrogen) atoms. The molecule has 0 spiro atoms. The van der Waals surface area contributed by atoms with Gasteiger partial charge in [0.15, 0.2) is 0 Å². The van der Waals surface area contributed by atoms with Gasteiger partial charge in [0.25, 0.3) is 0 Å². The fraction of sp³-hybridized carbons (Fsp3) is 0.600. The lowest BCUT2D eigenvalue weighted by molar-refractivity contribution is -0.133. The maximum Gasteiger partial charge on any atom is 0.148 e. The minimum absolute atomic E-state index is 0.139. The van der Waals surface area contributed by atoms with Gasteiger partial charge in [0, 0.05) is 12.8 Å². The maximum atomic E-state index is 12.8. The first kappa shape index (κ1) is 18.3. The zero-order valence-electron chi connectivity index (χ0n) is 14.8. The summed E-state index contributed by atoms with van der Waals surface area (Å²) < 4.78 is 0. The quantitative estimate of drug-likeness (QED) is 0.719. The molecule has 3 heteroatoms. The topological polar surface area (TPSA) is 34.1 Å². The Morgan fingerprint density at radius 3 is 2.00 bits per heavy atom. The van der Waals surface area contributed by atoms with Gasteiger partial charge in [-0.05, 0) is 60.8 Å². The molecule has 2 rings (SSSR count). The normalized spacial score (nSPS) is 21.7. The van der Waals surface area contributed by atoms with Crippen molar-refractivity contribution in [2.45, 2.75) is 58.8 Å². The predicted octanol–water partition coefficient (Wildman–Crippen LogP) is 4.50. The molecule has 1 aliphatic carbocycles. The van der Waals surface area contributed by atoms with Gasteiger partial charge in [0.05, 0.1) is 0 Å². The monoisotopic (exact) mass is 332 g/mol. The van der Waals surface area contributed by atoms with E-state index >= 15 is 0 Å². The molecule has 1 aliphatic rings. The van der Waals surface area contributed by atoms with Crippen LogP contribution in [0, 0.1) is 12.8 Å². The van der Waals surface area contributed by atoms with Gasteiger partial charge < -0.3 is 0 Å². The molecule has 126 valence electrons. The standard InChI is InChI=1S/C20H28O2S/c1-5-15-9-13(3)10-16(6-2)19(15)20-17(21)11-14(7-8-23-4)12-18(20)22/h9-10,14,20H,5-8,11-12H2,1-4H3. The van der Waals surface area contributed by atoms with Crippen LogP contribution >= 0.6 is 11.8 Å². The van der Waals surface area contributed by atoms with Gasteiger partial charge in [-0.25, -0.2) is 0 Å². The summed E-state index contributed by atoms with van der Waals surface area (Å²) in [7, 11) is 0. The van der Waals surface area contributed by atoms with Gasteiger partial charge in [-0.1, -0.05) is 31.5 Å². The van der Waals surface area contributed by atoms with Crippen LogP contribution in [0.1, 0.15) is 61.3 Å². The Hall–Kier alpha value is -1.09. The summed E-state index contributed by atoms with van der Waals surface area (Å²) in [5.41, 5.74) is 4.60. The first-order valence-electron chi connectivity index (χ1n) is 8.68. The van der Waals surface area contributed by atoms with E-state index < -0.39 is 5.92 Å². The number of aryl methyl sites for hydroxylation is 3. The number of hydrogen-bond donors (Lipinski definition) is 0. The number of carbonyl (C=O) groups is 2. The molecule has 0 N–H and O–H groups in total. The second-order valence-corrected chi connectivity index (χ2v) is 7.61. The van der Waals surface area contributed by atoms with Gasteiger partial charge in [0.1, 0.15) is 17.5 Å². The molecule has 0 aliphatic heterocycles. The molecular formula is C20H28O2S. The third-order valence-electron chi connectivity index (χ3n) is 4.90. The van der Waals surface area contributed by atoms with Crippen LogP contribution in [-0.2, 0) is 22.4 Å². The number of hydrogen-bond acceptors (Lipinski definition) is 3. The van der Waals surface area contributed by atoms with E-state index in [4.69, 9.17) is 0 Å². The number of benzene rings is 1. The molecule has 0 atom stereocenters. The molecule has 2 nitrogen and oxygen atoms in total. The van der Waals surface area contributed by atoms with Crippen molar-refractivity contribution in [2.75, 3.05) is 12.0 Å². The van der Waals surface area contributed by atoms with Crippen LogP contribution in [0.5, 0.6) is 0 Å². The van der Waals surface area contributed by atoms with Crippen LogP contribution in [-0.4, -0.2) is 23.6 Å². The number of carbonyl (C=O) groups excluding carboxylic acids is 2. The highest BCUT2D eigenvalue weighted by molar-refractivity contribution is 7.98. The Labute approximate surface area is 144 Å². The van der Waals surface area contributed by atoms with Crippen molar-refractivity contribution in [3.05, 3.63) is 34.4 Å². The van der Waals surface area contributed by atoms with Crippen LogP contribution in [0.2, 0.25) is 0 Å². The Morgan fingerprint density at radius 1 is 1.04 bits per heavy atom. The highest BCUT2D eigenvalue weighted by atomic mass is 32.2. The highest BCUT2D eigenvalue weighted by Crippen LogP contribution is 2.36. The van der Waals surface area contributed by atoms with Crippen LogP contribution in [0.15, 0.2) is 12.1 Å². The van der Waals surface area contributed by atoms with E-state index in [2.05, 4.69) is 39.2 Å². The Balaban J connectivity index is 2.35. The lowest BCUT2D eigenvalue weighted by atomic mass is 9.73. The second-order valence-electron chi connectivity index (χ2n) is 6.63. The minimum Gasteiger partial charge on any atom is -0.299 e. The maximum absolute atomic E-state index is 12.8. The number of rotatable bonds is 6. The molecule has 0 bridgehead atoms. The first-order chi connectivity index (χ1) is 11.0. The fourth-order valence-corrected chi connectivity index (χ4v) is 4.34. The molecule has 0 radical (unpaired) electrons. The molecule has 1 fully saturated rings. The van der Waals surface area contributed by atoms with Crippen molar-refractivity contribution < 1.29 is 9.59 Å². The van der Waals surface area contributed by atoms with Gasteiger partial charge >= 0.3 is 0 Å². The largest absolute Gasteiger partial charge is 0.299 e. The van der Waals surface area contributed by atoms with E-state index in [1.165, 1.54) is 16.7 Å². The Morgan fingerprint density at radius 2 is 1.57 bits per heavy atom. The summed E-state index contributed by atoms with van der Waals surface area (Å²) in [6, 6.07) is 4.30. The summed E-state index contributed by atoms with van der Waals surface area (Å²) in [6.45, 7) is 6.30. The average Bonchev–Trinajstić information content (AvgIpc) is 2.52. The first-order valence-corrected chi connectivity index (χ1v) is 10.1. The van der Waals surface area contributed by atoms with E-state index in [0.29, 0.717) is 12.8 Å². The Kier molecular flexibility index (Phi) is 6.46. The van der Waals surface area contributed by atoms with E-state index in [1.807, 2.05) is 0 Å².